The van der Waals surface area contributed by atoms with Crippen molar-refractivity contribution < 1.29 is 24.0 Å². The van der Waals surface area contributed by atoms with Crippen molar-refractivity contribution in [3.05, 3.63) is 54.1 Å². The summed E-state index contributed by atoms with van der Waals surface area (Å²) in [6.07, 6.45) is 2.08. The van der Waals surface area contributed by atoms with Gasteiger partial charge in [-0.25, -0.2) is 0 Å². The SMILES string of the molecule is COc1ccc(CN(C(=O)C[NH+](C)CC(=O)Nc2cccc(OC)c2)C2CC2)cc1. The van der Waals surface area contributed by atoms with Crippen LogP contribution in [0.25, 0.3) is 0 Å². The van der Waals surface area contributed by atoms with Gasteiger partial charge in [-0.2, -0.15) is 0 Å². The summed E-state index contributed by atoms with van der Waals surface area (Å²) in [6.45, 7) is 1.07. The number of rotatable bonds is 10. The first kappa shape index (κ1) is 21.6. The molecule has 30 heavy (non-hydrogen) atoms. The Morgan fingerprint density at radius 1 is 1.03 bits per heavy atom. The van der Waals surface area contributed by atoms with Crippen LogP contribution in [0.3, 0.4) is 0 Å². The summed E-state index contributed by atoms with van der Waals surface area (Å²) in [5, 5.41) is 2.86. The molecular weight excluding hydrogens is 382 g/mol. The summed E-state index contributed by atoms with van der Waals surface area (Å²) in [6, 6.07) is 15.3. The number of quaternary nitrogens is 1. The zero-order valence-electron chi connectivity index (χ0n) is 17.8. The van der Waals surface area contributed by atoms with Gasteiger partial charge in [0.05, 0.1) is 21.3 Å². The van der Waals surface area contributed by atoms with E-state index in [1.165, 1.54) is 0 Å². The predicted molar refractivity (Wildman–Crippen MR) is 115 cm³/mol. The minimum atomic E-state index is -0.137. The molecule has 2 N–H and O–H groups in total. The van der Waals surface area contributed by atoms with Crippen LogP contribution in [0.15, 0.2) is 48.5 Å². The molecular formula is C23H30N3O4+. The van der Waals surface area contributed by atoms with Crippen molar-refractivity contribution in [1.82, 2.24) is 4.90 Å². The summed E-state index contributed by atoms with van der Waals surface area (Å²) >= 11 is 0. The van der Waals surface area contributed by atoms with Crippen molar-refractivity contribution in [3.63, 3.8) is 0 Å². The van der Waals surface area contributed by atoms with Gasteiger partial charge in [-0.1, -0.05) is 18.2 Å². The number of hydrogen-bond donors (Lipinski definition) is 2. The molecule has 0 aliphatic heterocycles. The topological polar surface area (TPSA) is 72.3 Å². The van der Waals surface area contributed by atoms with Crippen LogP contribution in [-0.4, -0.2) is 57.1 Å². The molecule has 160 valence electrons. The first-order chi connectivity index (χ1) is 14.5. The molecule has 1 aliphatic rings. The summed E-state index contributed by atoms with van der Waals surface area (Å²) in [7, 11) is 5.08. The number of amides is 2. The van der Waals surface area contributed by atoms with Gasteiger partial charge in [-0.05, 0) is 42.7 Å². The van der Waals surface area contributed by atoms with Gasteiger partial charge < -0.3 is 24.6 Å². The van der Waals surface area contributed by atoms with E-state index in [4.69, 9.17) is 9.47 Å². The third kappa shape index (κ3) is 6.22. The van der Waals surface area contributed by atoms with Crippen LogP contribution in [0.1, 0.15) is 18.4 Å². The van der Waals surface area contributed by atoms with E-state index in [2.05, 4.69) is 5.32 Å². The molecule has 0 radical (unpaired) electrons. The number of nitrogens with one attached hydrogen (secondary N) is 2. The molecule has 1 fully saturated rings. The fraction of sp³-hybridized carbons (Fsp3) is 0.391. The van der Waals surface area contributed by atoms with Gasteiger partial charge in [0.25, 0.3) is 11.8 Å². The Hall–Kier alpha value is -3.06. The Kier molecular flexibility index (Phi) is 7.30. The molecule has 0 spiro atoms. The van der Waals surface area contributed by atoms with Crippen molar-refractivity contribution in [2.75, 3.05) is 39.7 Å². The van der Waals surface area contributed by atoms with Crippen molar-refractivity contribution in [2.24, 2.45) is 0 Å². The molecule has 2 aromatic rings. The van der Waals surface area contributed by atoms with Crippen LogP contribution < -0.4 is 19.7 Å². The van der Waals surface area contributed by atoms with Crippen molar-refractivity contribution >= 4 is 17.5 Å². The van der Waals surface area contributed by atoms with Gasteiger partial charge in [0.1, 0.15) is 11.5 Å². The van der Waals surface area contributed by atoms with Crippen LogP contribution >= 0.6 is 0 Å². The summed E-state index contributed by atoms with van der Waals surface area (Å²) in [4.78, 5) is 28.1. The van der Waals surface area contributed by atoms with E-state index in [1.54, 1.807) is 20.3 Å². The predicted octanol–water partition coefficient (Wildman–Crippen LogP) is 1.35. The van der Waals surface area contributed by atoms with Crippen LogP contribution in [0, 0.1) is 0 Å². The largest absolute Gasteiger partial charge is 0.497 e. The summed E-state index contributed by atoms with van der Waals surface area (Å²) < 4.78 is 10.4. The van der Waals surface area contributed by atoms with E-state index in [0.29, 0.717) is 24.0 Å². The smallest absolute Gasteiger partial charge is 0.279 e. The third-order valence-corrected chi connectivity index (χ3v) is 5.09. The lowest BCUT2D eigenvalue weighted by Crippen LogP contribution is -3.11. The number of anilines is 1. The maximum absolute atomic E-state index is 12.9. The number of nitrogens with zero attached hydrogens (tertiary/aromatic N) is 1. The average Bonchev–Trinajstić information content (AvgIpc) is 3.57. The van der Waals surface area contributed by atoms with Crippen LogP contribution in [0.4, 0.5) is 5.69 Å². The summed E-state index contributed by atoms with van der Waals surface area (Å²) in [5.41, 5.74) is 1.75. The Morgan fingerprint density at radius 3 is 2.37 bits per heavy atom. The highest BCUT2D eigenvalue weighted by Gasteiger charge is 2.33. The zero-order valence-corrected chi connectivity index (χ0v) is 17.8. The lowest BCUT2D eigenvalue weighted by molar-refractivity contribution is -0.862. The molecule has 0 bridgehead atoms. The highest BCUT2D eigenvalue weighted by atomic mass is 16.5. The van der Waals surface area contributed by atoms with Crippen molar-refractivity contribution in [1.29, 1.82) is 0 Å². The quantitative estimate of drug-likeness (QED) is 0.618. The number of hydrogen-bond acceptors (Lipinski definition) is 4. The Labute approximate surface area is 177 Å². The van der Waals surface area contributed by atoms with E-state index < -0.39 is 0 Å². The fourth-order valence-electron chi connectivity index (χ4n) is 3.34. The number of carbonyl (C=O) groups excluding carboxylic acids is 2. The molecule has 3 rings (SSSR count). The van der Waals surface area contributed by atoms with E-state index in [1.807, 2.05) is 54.4 Å². The van der Waals surface area contributed by atoms with Gasteiger partial charge in [0, 0.05) is 24.3 Å². The van der Waals surface area contributed by atoms with Gasteiger partial charge >= 0.3 is 0 Å². The molecule has 1 unspecified atom stereocenters. The lowest BCUT2D eigenvalue weighted by Gasteiger charge is -2.24. The maximum Gasteiger partial charge on any atom is 0.279 e. The van der Waals surface area contributed by atoms with Crippen LogP contribution in [0.5, 0.6) is 11.5 Å². The third-order valence-electron chi connectivity index (χ3n) is 5.09. The highest BCUT2D eigenvalue weighted by Crippen LogP contribution is 2.28. The monoisotopic (exact) mass is 412 g/mol. The van der Waals surface area contributed by atoms with Gasteiger partial charge in [-0.3, -0.25) is 9.59 Å². The molecule has 7 nitrogen and oxygen atoms in total. The maximum atomic E-state index is 12.9. The zero-order chi connectivity index (χ0) is 21.5. The first-order valence-electron chi connectivity index (χ1n) is 10.2. The minimum absolute atomic E-state index is 0.0694. The number of carbonyl (C=O) groups is 2. The average molecular weight is 413 g/mol. The Morgan fingerprint density at radius 2 is 1.73 bits per heavy atom. The van der Waals surface area contributed by atoms with Gasteiger partial charge in [0.15, 0.2) is 13.1 Å². The first-order valence-corrected chi connectivity index (χ1v) is 10.2. The second-order valence-corrected chi connectivity index (χ2v) is 7.69. The molecule has 2 amide bonds. The van der Waals surface area contributed by atoms with Gasteiger partial charge in [-0.15, -0.1) is 0 Å². The standard InChI is InChI=1S/C23H29N3O4/c1-25(15-22(27)24-18-5-4-6-21(13-18)30-3)16-23(28)26(19-9-10-19)14-17-7-11-20(29-2)12-8-17/h4-8,11-13,19H,9-10,14-16H2,1-3H3,(H,24,27)/p+1. The second kappa shape index (κ2) is 10.1. The van der Waals surface area contributed by atoms with Crippen LogP contribution in [0.2, 0.25) is 0 Å². The van der Waals surface area contributed by atoms with Gasteiger partial charge in [0.2, 0.25) is 0 Å². The lowest BCUT2D eigenvalue weighted by atomic mass is 10.2. The van der Waals surface area contributed by atoms with Crippen molar-refractivity contribution in [3.8, 4) is 11.5 Å². The van der Waals surface area contributed by atoms with E-state index in [-0.39, 0.29) is 24.9 Å². The summed E-state index contributed by atoms with van der Waals surface area (Å²) in [5.74, 6) is 1.42. The van der Waals surface area contributed by atoms with Crippen molar-refractivity contribution in [2.45, 2.75) is 25.4 Å². The molecule has 1 aliphatic carbocycles. The van der Waals surface area contributed by atoms with E-state index >= 15 is 0 Å². The molecule has 0 heterocycles. The van der Waals surface area contributed by atoms with E-state index in [9.17, 15) is 9.59 Å². The molecule has 0 aromatic heterocycles. The molecule has 1 saturated carbocycles. The molecule has 0 saturated heterocycles. The second-order valence-electron chi connectivity index (χ2n) is 7.69. The van der Waals surface area contributed by atoms with E-state index in [0.717, 1.165) is 29.1 Å². The Balaban J connectivity index is 1.52. The molecule has 1 atom stereocenters. The molecule has 2 aromatic carbocycles. The number of methoxy groups -OCH3 is 2. The number of ether oxygens (including phenoxy) is 2. The number of benzene rings is 2. The fourth-order valence-corrected chi connectivity index (χ4v) is 3.34. The Bertz CT molecular complexity index is 865. The normalized spacial score (nSPS) is 14.0. The number of likely N-dealkylation sites (N-methyl/N-ethyl adjacent to an activating group) is 1. The minimum Gasteiger partial charge on any atom is -0.497 e. The van der Waals surface area contributed by atoms with Crippen LogP contribution in [-0.2, 0) is 16.1 Å². The molecule has 7 heteroatoms. The highest BCUT2D eigenvalue weighted by molar-refractivity contribution is 5.91.